The number of pyridine rings is 1. The first-order valence-electron chi connectivity index (χ1n) is 8.68. The summed E-state index contributed by atoms with van der Waals surface area (Å²) in [7, 11) is 1.40. The van der Waals surface area contributed by atoms with Crippen LogP contribution in [0.4, 0.5) is 0 Å². The van der Waals surface area contributed by atoms with Gasteiger partial charge in [-0.3, -0.25) is 9.78 Å². The molecule has 7 nitrogen and oxygen atoms in total. The molecule has 1 fully saturated rings. The fourth-order valence-electron chi connectivity index (χ4n) is 3.60. The average molecular weight is 363 g/mol. The molecule has 2 aromatic heterocycles. The third-order valence-electron chi connectivity index (χ3n) is 4.94. The molecule has 3 aromatic rings. The summed E-state index contributed by atoms with van der Waals surface area (Å²) in [5.41, 5.74) is 2.66. The molecular formula is C20H17N3O4. The van der Waals surface area contributed by atoms with Crippen molar-refractivity contribution in [1.82, 2.24) is 15.0 Å². The molecule has 0 amide bonds. The summed E-state index contributed by atoms with van der Waals surface area (Å²) in [6.07, 6.45) is 3.33. The maximum atomic E-state index is 11.8. The first-order chi connectivity index (χ1) is 13.1. The van der Waals surface area contributed by atoms with E-state index < -0.39 is 0 Å². The molecule has 5 rings (SSSR count). The largest absolute Gasteiger partial charge is 0.489 e. The molecule has 3 atom stereocenters. The Kier molecular flexibility index (Phi) is 3.43. The normalized spacial score (nSPS) is 21.8. The number of carbonyl (C=O) groups excluding carboxylic acids is 1. The lowest BCUT2D eigenvalue weighted by Gasteiger charge is -2.10. The monoisotopic (exact) mass is 363 g/mol. The highest BCUT2D eigenvalue weighted by Gasteiger charge is 2.63. The Hall–Kier alpha value is -3.35. The van der Waals surface area contributed by atoms with Gasteiger partial charge in [0.25, 0.3) is 0 Å². The molecule has 27 heavy (non-hydrogen) atoms. The molecule has 7 heteroatoms. The number of nitrogens with one attached hydrogen (secondary N) is 1. The van der Waals surface area contributed by atoms with E-state index in [1.54, 1.807) is 18.5 Å². The molecule has 1 aliphatic heterocycles. The van der Waals surface area contributed by atoms with E-state index in [2.05, 4.69) is 15.0 Å². The van der Waals surface area contributed by atoms with Gasteiger partial charge in [-0.1, -0.05) is 0 Å². The molecule has 0 radical (unpaired) electrons. The van der Waals surface area contributed by atoms with Crippen LogP contribution in [0.15, 0.2) is 42.7 Å². The molecule has 2 aliphatic rings. The highest BCUT2D eigenvalue weighted by atomic mass is 16.5. The number of H-pyrrole nitrogens is 1. The van der Waals surface area contributed by atoms with Crippen LogP contribution in [0.1, 0.15) is 17.2 Å². The highest BCUT2D eigenvalue weighted by molar-refractivity contribution is 5.80. The van der Waals surface area contributed by atoms with Crippen molar-refractivity contribution < 1.29 is 19.0 Å². The number of fused-ring (bicyclic) bond motifs is 3. The summed E-state index contributed by atoms with van der Waals surface area (Å²) < 4.78 is 16.7. The number of hydrogen-bond donors (Lipinski definition) is 1. The van der Waals surface area contributed by atoms with Crippen LogP contribution in [0, 0.1) is 12.8 Å². The van der Waals surface area contributed by atoms with E-state index in [1.165, 1.54) is 7.11 Å². The van der Waals surface area contributed by atoms with Crippen molar-refractivity contribution in [3.8, 4) is 28.8 Å². The van der Waals surface area contributed by atoms with Crippen molar-refractivity contribution in [3.63, 3.8) is 0 Å². The van der Waals surface area contributed by atoms with Crippen molar-refractivity contribution >= 4 is 5.97 Å². The van der Waals surface area contributed by atoms with Gasteiger partial charge in [0, 0.05) is 35.6 Å². The topological polar surface area (TPSA) is 86.3 Å². The number of methoxy groups -OCH3 is 1. The van der Waals surface area contributed by atoms with Gasteiger partial charge in [-0.2, -0.15) is 0 Å². The zero-order chi connectivity index (χ0) is 18.5. The highest BCUT2D eigenvalue weighted by Crippen LogP contribution is 2.59. The van der Waals surface area contributed by atoms with Crippen molar-refractivity contribution in [1.29, 1.82) is 0 Å². The fraction of sp³-hybridized carbons (Fsp3) is 0.250. The van der Waals surface area contributed by atoms with Gasteiger partial charge < -0.3 is 19.2 Å². The van der Waals surface area contributed by atoms with Crippen LogP contribution in [0.3, 0.4) is 0 Å². The lowest BCUT2D eigenvalue weighted by atomic mass is 10.1. The minimum atomic E-state index is -0.227. The third kappa shape index (κ3) is 2.63. The van der Waals surface area contributed by atoms with E-state index in [0.717, 1.165) is 17.0 Å². The summed E-state index contributed by atoms with van der Waals surface area (Å²) in [5, 5.41) is 0. The number of imidazole rings is 1. The number of rotatable bonds is 4. The van der Waals surface area contributed by atoms with E-state index in [-0.39, 0.29) is 23.9 Å². The minimum Gasteiger partial charge on any atom is -0.489 e. The van der Waals surface area contributed by atoms with Crippen LogP contribution >= 0.6 is 0 Å². The number of aromatic amines is 1. The summed E-state index contributed by atoms with van der Waals surface area (Å²) in [6.45, 7) is 1.94. The van der Waals surface area contributed by atoms with Gasteiger partial charge in [0.1, 0.15) is 35.0 Å². The summed E-state index contributed by atoms with van der Waals surface area (Å²) >= 11 is 0. The van der Waals surface area contributed by atoms with Crippen LogP contribution in [0.2, 0.25) is 0 Å². The van der Waals surface area contributed by atoms with Gasteiger partial charge >= 0.3 is 5.97 Å². The maximum absolute atomic E-state index is 11.8. The average Bonchev–Trinajstić information content (AvgIpc) is 3.01. The van der Waals surface area contributed by atoms with Crippen LogP contribution in [-0.2, 0) is 9.53 Å². The van der Waals surface area contributed by atoms with Crippen molar-refractivity contribution in [2.24, 2.45) is 5.92 Å². The number of hydrogen-bond acceptors (Lipinski definition) is 6. The number of aryl methyl sites for hydroxylation is 1. The lowest BCUT2D eigenvalue weighted by Crippen LogP contribution is -2.11. The number of benzene rings is 1. The van der Waals surface area contributed by atoms with Gasteiger partial charge in [0.15, 0.2) is 5.82 Å². The quantitative estimate of drug-likeness (QED) is 0.716. The first kappa shape index (κ1) is 15.9. The second kappa shape index (κ2) is 5.84. The molecule has 136 valence electrons. The molecule has 1 N–H and O–H groups in total. The molecule has 0 saturated heterocycles. The molecule has 0 bridgehead atoms. The maximum Gasteiger partial charge on any atom is 0.313 e. The zero-order valence-corrected chi connectivity index (χ0v) is 14.8. The number of carbonyl (C=O) groups is 1. The first-order valence-corrected chi connectivity index (χ1v) is 8.68. The smallest absolute Gasteiger partial charge is 0.313 e. The van der Waals surface area contributed by atoms with E-state index in [0.29, 0.717) is 23.0 Å². The summed E-state index contributed by atoms with van der Waals surface area (Å²) in [4.78, 5) is 23.6. The molecular weight excluding hydrogens is 346 g/mol. The fourth-order valence-corrected chi connectivity index (χ4v) is 3.60. The Morgan fingerprint density at radius 1 is 1.19 bits per heavy atom. The number of ether oxygens (including phenoxy) is 3. The predicted octanol–water partition coefficient (Wildman–Crippen LogP) is 3.22. The molecule has 1 saturated carbocycles. The Labute approximate surface area is 155 Å². The second-order valence-electron chi connectivity index (χ2n) is 6.75. The predicted molar refractivity (Wildman–Crippen MR) is 95.7 cm³/mol. The lowest BCUT2D eigenvalue weighted by molar-refractivity contribution is -0.143. The number of esters is 1. The Morgan fingerprint density at radius 2 is 2.04 bits per heavy atom. The van der Waals surface area contributed by atoms with E-state index in [1.807, 2.05) is 31.2 Å². The standard InChI is InChI=1S/C20H17N3O4/c1-10-9-22-19(23-10)14-8-12(5-6-21-14)26-11-3-4-15-13(7-11)16-17(18(16)27-15)20(24)25-2/h3-9,16-18H,1-2H3,(H,22,23). The van der Waals surface area contributed by atoms with Crippen molar-refractivity contribution in [2.75, 3.05) is 7.11 Å². The Morgan fingerprint density at radius 3 is 2.81 bits per heavy atom. The summed E-state index contributed by atoms with van der Waals surface area (Å²) in [6, 6.07) is 9.29. The van der Waals surface area contributed by atoms with Crippen molar-refractivity contribution in [2.45, 2.75) is 18.9 Å². The third-order valence-corrected chi connectivity index (χ3v) is 4.94. The SMILES string of the molecule is COC(=O)C1C2Oc3ccc(Oc4ccnc(-c5ncc(C)[nH]5)c4)cc3C21. The van der Waals surface area contributed by atoms with E-state index in [9.17, 15) is 4.79 Å². The van der Waals surface area contributed by atoms with Crippen LogP contribution < -0.4 is 9.47 Å². The molecule has 0 spiro atoms. The van der Waals surface area contributed by atoms with Crippen LogP contribution in [0.5, 0.6) is 17.2 Å². The van der Waals surface area contributed by atoms with E-state index in [4.69, 9.17) is 14.2 Å². The van der Waals surface area contributed by atoms with Gasteiger partial charge in [0.2, 0.25) is 0 Å². The minimum absolute atomic E-state index is 0.0510. The Bertz CT molecular complexity index is 1050. The molecule has 1 aromatic carbocycles. The van der Waals surface area contributed by atoms with Gasteiger partial charge in [-0.05, 0) is 31.2 Å². The molecule has 1 aliphatic carbocycles. The van der Waals surface area contributed by atoms with E-state index >= 15 is 0 Å². The summed E-state index contributed by atoms with van der Waals surface area (Å²) in [5.74, 6) is 2.45. The van der Waals surface area contributed by atoms with Gasteiger partial charge in [0.05, 0.1) is 7.11 Å². The van der Waals surface area contributed by atoms with Gasteiger partial charge in [-0.25, -0.2) is 4.98 Å². The van der Waals surface area contributed by atoms with Gasteiger partial charge in [-0.15, -0.1) is 0 Å². The number of aromatic nitrogens is 3. The van der Waals surface area contributed by atoms with Crippen LogP contribution in [0.25, 0.3) is 11.5 Å². The second-order valence-corrected chi connectivity index (χ2v) is 6.75. The van der Waals surface area contributed by atoms with Crippen molar-refractivity contribution in [3.05, 3.63) is 54.0 Å². The zero-order valence-electron chi connectivity index (χ0n) is 14.8. The molecule has 3 heterocycles. The Balaban J connectivity index is 1.39. The van der Waals surface area contributed by atoms with Crippen LogP contribution in [-0.4, -0.2) is 34.1 Å². The number of nitrogens with zero attached hydrogens (tertiary/aromatic N) is 2. The molecule has 3 unspecified atom stereocenters.